The second-order valence-electron chi connectivity index (χ2n) is 7.40. The zero-order chi connectivity index (χ0) is 18.2. The topological polar surface area (TPSA) is 97.2 Å². The highest BCUT2D eigenvalue weighted by Gasteiger charge is 2.35. The van der Waals surface area contributed by atoms with Crippen LogP contribution in [0.2, 0.25) is 0 Å². The van der Waals surface area contributed by atoms with E-state index < -0.39 is 0 Å². The van der Waals surface area contributed by atoms with Crippen molar-refractivity contribution in [3.63, 3.8) is 0 Å². The third kappa shape index (κ3) is 3.17. The number of ether oxygens (including phenoxy) is 1. The summed E-state index contributed by atoms with van der Waals surface area (Å²) in [6.07, 6.45) is 6.97. The molecule has 0 spiro atoms. The van der Waals surface area contributed by atoms with E-state index in [2.05, 4.69) is 30.6 Å². The minimum Gasteiger partial charge on any atom is -0.381 e. The van der Waals surface area contributed by atoms with Gasteiger partial charge in [-0.1, -0.05) is 0 Å². The Kier molecular flexibility index (Phi) is 4.25. The number of hydrogen-bond donors (Lipinski definition) is 2. The molecule has 1 atom stereocenters. The first-order valence-electron chi connectivity index (χ1n) is 9.50. The summed E-state index contributed by atoms with van der Waals surface area (Å²) in [6, 6.07) is 1.83. The molecule has 1 amide bonds. The van der Waals surface area contributed by atoms with E-state index in [9.17, 15) is 4.79 Å². The lowest BCUT2D eigenvalue weighted by Crippen LogP contribution is -2.59. The van der Waals surface area contributed by atoms with Crippen molar-refractivity contribution in [1.82, 2.24) is 29.8 Å². The molecule has 3 aliphatic rings. The molecule has 0 saturated carbocycles. The summed E-state index contributed by atoms with van der Waals surface area (Å²) in [6.45, 7) is 4.04. The fourth-order valence-corrected chi connectivity index (χ4v) is 4.07. The van der Waals surface area contributed by atoms with Crippen LogP contribution in [0.5, 0.6) is 0 Å². The number of amides is 1. The average molecular weight is 369 g/mol. The van der Waals surface area contributed by atoms with E-state index >= 15 is 0 Å². The molecule has 2 saturated heterocycles. The van der Waals surface area contributed by atoms with Crippen molar-refractivity contribution in [1.29, 1.82) is 0 Å². The van der Waals surface area contributed by atoms with Crippen molar-refractivity contribution >= 4 is 5.91 Å². The molecule has 0 bridgehead atoms. The smallest absolute Gasteiger partial charge is 0.273 e. The molecule has 142 valence electrons. The van der Waals surface area contributed by atoms with Gasteiger partial charge in [-0.05, 0) is 18.9 Å². The van der Waals surface area contributed by atoms with Crippen LogP contribution in [0.1, 0.15) is 46.8 Å². The number of carbonyl (C=O) groups is 1. The molecule has 2 aromatic rings. The Hall–Kier alpha value is -2.52. The normalized spacial score (nSPS) is 24.0. The van der Waals surface area contributed by atoms with E-state index in [-0.39, 0.29) is 12.1 Å². The highest BCUT2D eigenvalue weighted by molar-refractivity contribution is 5.93. The largest absolute Gasteiger partial charge is 0.381 e. The number of nitrogens with zero attached hydrogens (tertiary/aromatic N) is 5. The van der Waals surface area contributed by atoms with Crippen LogP contribution >= 0.6 is 0 Å². The highest BCUT2D eigenvalue weighted by atomic mass is 16.5. The van der Waals surface area contributed by atoms with Crippen molar-refractivity contribution < 1.29 is 9.53 Å². The first-order chi connectivity index (χ1) is 13.3. The molecular weight excluding hydrogens is 346 g/mol. The quantitative estimate of drug-likeness (QED) is 0.799. The zero-order valence-electron chi connectivity index (χ0n) is 15.0. The van der Waals surface area contributed by atoms with Gasteiger partial charge in [0.05, 0.1) is 6.20 Å². The summed E-state index contributed by atoms with van der Waals surface area (Å²) in [4.78, 5) is 28.0. The lowest BCUT2D eigenvalue weighted by Gasteiger charge is -2.41. The van der Waals surface area contributed by atoms with Gasteiger partial charge >= 0.3 is 0 Å². The van der Waals surface area contributed by atoms with Crippen LogP contribution in [0.4, 0.5) is 0 Å². The number of carbonyl (C=O) groups excluding carboxylic acids is 1. The minimum atomic E-state index is -0.143. The predicted octanol–water partition coefficient (Wildman–Crippen LogP) is 0.280. The van der Waals surface area contributed by atoms with Crippen molar-refractivity contribution in [2.24, 2.45) is 0 Å². The lowest BCUT2D eigenvalue weighted by molar-refractivity contribution is 0.0809. The molecule has 2 N–H and O–H groups in total. The van der Waals surface area contributed by atoms with Crippen LogP contribution in [0, 0.1) is 0 Å². The number of nitrogens with one attached hydrogen (secondary N) is 2. The van der Waals surface area contributed by atoms with Crippen molar-refractivity contribution in [3.8, 4) is 0 Å². The summed E-state index contributed by atoms with van der Waals surface area (Å²) < 4.78 is 7.34. The highest BCUT2D eigenvalue weighted by Crippen LogP contribution is 2.28. The van der Waals surface area contributed by atoms with E-state index in [0.29, 0.717) is 17.5 Å². The fourth-order valence-electron chi connectivity index (χ4n) is 4.07. The third-order valence-electron chi connectivity index (χ3n) is 5.55. The number of rotatable bonds is 4. The van der Waals surface area contributed by atoms with E-state index in [0.717, 1.165) is 57.3 Å². The van der Waals surface area contributed by atoms with Gasteiger partial charge in [0.1, 0.15) is 23.5 Å². The molecule has 27 heavy (non-hydrogen) atoms. The number of aromatic nitrogens is 4. The van der Waals surface area contributed by atoms with Gasteiger partial charge in [0, 0.05) is 57.1 Å². The molecule has 0 radical (unpaired) electrons. The Morgan fingerprint density at radius 2 is 1.89 bits per heavy atom. The van der Waals surface area contributed by atoms with Crippen LogP contribution in [-0.4, -0.2) is 69.4 Å². The SMILES string of the molecule is O=C1NC(CN2CC(c3ncccn3)C2)Nn2c1cnc2C1CCOCC1. The summed E-state index contributed by atoms with van der Waals surface area (Å²) in [7, 11) is 0. The average Bonchev–Trinajstić information content (AvgIpc) is 3.10. The van der Waals surface area contributed by atoms with Crippen LogP contribution < -0.4 is 10.7 Å². The molecule has 0 aliphatic carbocycles. The summed E-state index contributed by atoms with van der Waals surface area (Å²) >= 11 is 0. The first-order valence-corrected chi connectivity index (χ1v) is 9.50. The molecule has 5 heterocycles. The summed E-state index contributed by atoms with van der Waals surface area (Å²) in [5.74, 6) is 2.45. The van der Waals surface area contributed by atoms with E-state index in [4.69, 9.17) is 4.74 Å². The molecule has 9 nitrogen and oxygen atoms in total. The zero-order valence-corrected chi connectivity index (χ0v) is 15.0. The fraction of sp³-hybridized carbons (Fsp3) is 0.556. The Morgan fingerprint density at radius 3 is 2.67 bits per heavy atom. The number of hydrogen-bond acceptors (Lipinski definition) is 7. The Balaban J connectivity index is 1.24. The van der Waals surface area contributed by atoms with Crippen LogP contribution in [0.3, 0.4) is 0 Å². The second-order valence-corrected chi connectivity index (χ2v) is 7.40. The molecule has 1 unspecified atom stereocenters. The Bertz CT molecular complexity index is 812. The van der Waals surface area contributed by atoms with Gasteiger partial charge in [0.25, 0.3) is 5.91 Å². The van der Waals surface area contributed by atoms with Gasteiger partial charge in [-0.2, -0.15) is 0 Å². The number of fused-ring (bicyclic) bond motifs is 1. The monoisotopic (exact) mass is 369 g/mol. The second kappa shape index (κ2) is 6.90. The number of imidazole rings is 1. The Labute approximate surface area is 157 Å². The maximum absolute atomic E-state index is 12.5. The van der Waals surface area contributed by atoms with Gasteiger partial charge in [0.2, 0.25) is 0 Å². The van der Waals surface area contributed by atoms with Gasteiger partial charge < -0.3 is 15.5 Å². The molecule has 9 heteroatoms. The first kappa shape index (κ1) is 16.6. The van der Waals surface area contributed by atoms with Gasteiger partial charge in [0.15, 0.2) is 0 Å². The van der Waals surface area contributed by atoms with E-state index in [1.165, 1.54) is 0 Å². The molecule has 0 aromatic carbocycles. The molecule has 2 aromatic heterocycles. The Morgan fingerprint density at radius 1 is 1.11 bits per heavy atom. The standard InChI is InChI=1S/C18H23N7O2/c26-18-14-8-21-17(12-2-6-27-7-3-12)25(14)23-15(22-18)11-24-9-13(10-24)16-19-4-1-5-20-16/h1,4-5,8,12-13,15,23H,2-3,6-7,9-11H2,(H,22,26). The molecule has 5 rings (SSSR count). The van der Waals surface area contributed by atoms with Crippen LogP contribution in [0.15, 0.2) is 24.7 Å². The minimum absolute atomic E-state index is 0.0759. The van der Waals surface area contributed by atoms with Gasteiger partial charge in [-0.3, -0.25) is 9.69 Å². The summed E-state index contributed by atoms with van der Waals surface area (Å²) in [5, 5.41) is 3.03. The van der Waals surface area contributed by atoms with Crippen LogP contribution in [0.25, 0.3) is 0 Å². The van der Waals surface area contributed by atoms with Crippen molar-refractivity contribution in [3.05, 3.63) is 42.0 Å². The molecule has 3 aliphatic heterocycles. The maximum atomic E-state index is 12.5. The van der Waals surface area contributed by atoms with Crippen LogP contribution in [-0.2, 0) is 4.74 Å². The van der Waals surface area contributed by atoms with Gasteiger partial charge in [-0.15, -0.1) is 0 Å². The van der Waals surface area contributed by atoms with Crippen molar-refractivity contribution in [2.45, 2.75) is 30.8 Å². The van der Waals surface area contributed by atoms with Gasteiger partial charge in [-0.25, -0.2) is 19.6 Å². The maximum Gasteiger partial charge on any atom is 0.273 e. The molecular formula is C18H23N7O2. The predicted molar refractivity (Wildman–Crippen MR) is 96.8 cm³/mol. The number of likely N-dealkylation sites (tertiary alicyclic amines) is 1. The molecule has 2 fully saturated rings. The van der Waals surface area contributed by atoms with E-state index in [1.54, 1.807) is 18.6 Å². The third-order valence-corrected chi connectivity index (χ3v) is 5.55. The van der Waals surface area contributed by atoms with E-state index in [1.807, 2.05) is 10.7 Å². The van der Waals surface area contributed by atoms with Crippen molar-refractivity contribution in [2.75, 3.05) is 38.3 Å². The lowest BCUT2D eigenvalue weighted by atomic mass is 9.99. The summed E-state index contributed by atoms with van der Waals surface area (Å²) in [5.41, 5.74) is 4.01.